The highest BCUT2D eigenvalue weighted by atomic mass is 35.5. The molecule has 2 aromatic heterocycles. The molecule has 84 valence electrons. The molecule has 0 atom stereocenters. The Labute approximate surface area is 103 Å². The summed E-state index contributed by atoms with van der Waals surface area (Å²) >= 11 is 5.83. The SMILES string of the molecule is Cc1cnc(Cl)nc1-c1ccc2cc[nH]c2c1. The number of aromatic nitrogens is 3. The molecule has 0 radical (unpaired) electrons. The van der Waals surface area contributed by atoms with Crippen LogP contribution in [-0.4, -0.2) is 15.0 Å². The normalized spacial score (nSPS) is 10.9. The number of fused-ring (bicyclic) bond motifs is 1. The molecular formula is C13H10ClN3. The van der Waals surface area contributed by atoms with Gasteiger partial charge in [-0.25, -0.2) is 9.97 Å². The Bertz CT molecular complexity index is 688. The third kappa shape index (κ3) is 1.78. The van der Waals surface area contributed by atoms with E-state index in [0.29, 0.717) is 0 Å². The Hall–Kier alpha value is -1.87. The summed E-state index contributed by atoms with van der Waals surface area (Å²) in [5.41, 5.74) is 4.03. The number of nitrogens with one attached hydrogen (secondary N) is 1. The molecule has 0 unspecified atom stereocenters. The topological polar surface area (TPSA) is 41.6 Å². The Kier molecular flexibility index (Phi) is 2.34. The second-order valence-corrected chi connectivity index (χ2v) is 4.29. The van der Waals surface area contributed by atoms with Gasteiger partial charge in [0.2, 0.25) is 5.28 Å². The molecule has 3 aromatic rings. The van der Waals surface area contributed by atoms with Gasteiger partial charge in [0.1, 0.15) is 0 Å². The van der Waals surface area contributed by atoms with Gasteiger partial charge in [-0.2, -0.15) is 0 Å². The van der Waals surface area contributed by atoms with Crippen molar-refractivity contribution in [2.24, 2.45) is 0 Å². The lowest BCUT2D eigenvalue weighted by atomic mass is 10.1. The maximum atomic E-state index is 5.83. The summed E-state index contributed by atoms with van der Waals surface area (Å²) in [6.45, 7) is 1.98. The summed E-state index contributed by atoms with van der Waals surface area (Å²) in [6.07, 6.45) is 3.66. The molecule has 0 fully saturated rings. The molecule has 0 aliphatic rings. The molecule has 17 heavy (non-hydrogen) atoms. The maximum absolute atomic E-state index is 5.83. The van der Waals surface area contributed by atoms with Gasteiger partial charge in [0, 0.05) is 23.5 Å². The molecule has 0 aliphatic carbocycles. The molecule has 0 amide bonds. The fourth-order valence-corrected chi connectivity index (χ4v) is 2.04. The van der Waals surface area contributed by atoms with Crippen LogP contribution in [0.15, 0.2) is 36.7 Å². The summed E-state index contributed by atoms with van der Waals surface area (Å²) in [6, 6.07) is 8.22. The van der Waals surface area contributed by atoms with Crippen molar-refractivity contribution in [2.45, 2.75) is 6.92 Å². The molecule has 0 saturated heterocycles. The van der Waals surface area contributed by atoms with E-state index in [4.69, 9.17) is 11.6 Å². The zero-order valence-corrected chi connectivity index (χ0v) is 9.99. The van der Waals surface area contributed by atoms with Crippen molar-refractivity contribution in [1.82, 2.24) is 15.0 Å². The monoisotopic (exact) mass is 243 g/mol. The van der Waals surface area contributed by atoms with E-state index in [-0.39, 0.29) is 5.28 Å². The molecule has 1 N–H and O–H groups in total. The van der Waals surface area contributed by atoms with Crippen molar-refractivity contribution >= 4 is 22.5 Å². The largest absolute Gasteiger partial charge is 0.361 e. The third-order valence-electron chi connectivity index (χ3n) is 2.77. The van der Waals surface area contributed by atoms with Crippen LogP contribution in [0.3, 0.4) is 0 Å². The molecule has 4 heteroatoms. The van der Waals surface area contributed by atoms with Gasteiger partial charge in [-0.3, -0.25) is 0 Å². The smallest absolute Gasteiger partial charge is 0.222 e. The predicted molar refractivity (Wildman–Crippen MR) is 69.1 cm³/mol. The minimum Gasteiger partial charge on any atom is -0.361 e. The zero-order chi connectivity index (χ0) is 11.8. The third-order valence-corrected chi connectivity index (χ3v) is 2.95. The zero-order valence-electron chi connectivity index (χ0n) is 9.24. The number of H-pyrrole nitrogens is 1. The molecule has 0 bridgehead atoms. The van der Waals surface area contributed by atoms with Gasteiger partial charge in [-0.05, 0) is 41.6 Å². The van der Waals surface area contributed by atoms with E-state index in [2.05, 4.69) is 27.1 Å². The van der Waals surface area contributed by atoms with Crippen molar-refractivity contribution in [1.29, 1.82) is 0 Å². The van der Waals surface area contributed by atoms with Crippen molar-refractivity contribution in [2.75, 3.05) is 0 Å². The lowest BCUT2D eigenvalue weighted by Crippen LogP contribution is -1.91. The lowest BCUT2D eigenvalue weighted by molar-refractivity contribution is 1.13. The van der Waals surface area contributed by atoms with Gasteiger partial charge >= 0.3 is 0 Å². The number of rotatable bonds is 1. The Balaban J connectivity index is 2.22. The van der Waals surface area contributed by atoms with Gasteiger partial charge in [0.25, 0.3) is 0 Å². The quantitative estimate of drug-likeness (QED) is 0.664. The first-order chi connectivity index (χ1) is 8.24. The van der Waals surface area contributed by atoms with E-state index in [1.807, 2.05) is 25.3 Å². The van der Waals surface area contributed by atoms with Crippen molar-refractivity contribution in [3.63, 3.8) is 0 Å². The number of aromatic amines is 1. The summed E-state index contributed by atoms with van der Waals surface area (Å²) in [7, 11) is 0. The number of nitrogens with zero attached hydrogens (tertiary/aromatic N) is 2. The van der Waals surface area contributed by atoms with E-state index >= 15 is 0 Å². The van der Waals surface area contributed by atoms with Crippen molar-refractivity contribution < 1.29 is 0 Å². The first-order valence-electron chi connectivity index (χ1n) is 5.31. The van der Waals surface area contributed by atoms with Crippen LogP contribution in [0.2, 0.25) is 5.28 Å². The van der Waals surface area contributed by atoms with Gasteiger partial charge in [0.15, 0.2) is 0 Å². The first-order valence-corrected chi connectivity index (χ1v) is 5.68. The van der Waals surface area contributed by atoms with E-state index in [9.17, 15) is 0 Å². The highest BCUT2D eigenvalue weighted by Crippen LogP contribution is 2.25. The van der Waals surface area contributed by atoms with Crippen LogP contribution in [0.25, 0.3) is 22.2 Å². The molecule has 0 saturated carbocycles. The lowest BCUT2D eigenvalue weighted by Gasteiger charge is -2.05. The number of aryl methyl sites for hydroxylation is 1. The van der Waals surface area contributed by atoms with Crippen LogP contribution >= 0.6 is 11.6 Å². The minimum atomic E-state index is 0.275. The highest BCUT2D eigenvalue weighted by molar-refractivity contribution is 6.28. The summed E-state index contributed by atoms with van der Waals surface area (Å²) < 4.78 is 0. The first kappa shape index (κ1) is 10.3. The average Bonchev–Trinajstić information content (AvgIpc) is 2.79. The minimum absolute atomic E-state index is 0.275. The number of hydrogen-bond acceptors (Lipinski definition) is 2. The molecular weight excluding hydrogens is 234 g/mol. The molecule has 1 aromatic carbocycles. The molecule has 0 aliphatic heterocycles. The maximum Gasteiger partial charge on any atom is 0.222 e. The van der Waals surface area contributed by atoms with Crippen molar-refractivity contribution in [3.05, 3.63) is 47.5 Å². The highest BCUT2D eigenvalue weighted by Gasteiger charge is 2.06. The van der Waals surface area contributed by atoms with Gasteiger partial charge in [-0.15, -0.1) is 0 Å². The van der Waals surface area contributed by atoms with E-state index in [1.54, 1.807) is 6.20 Å². The van der Waals surface area contributed by atoms with E-state index in [1.165, 1.54) is 5.39 Å². The summed E-state index contributed by atoms with van der Waals surface area (Å²) in [5, 5.41) is 1.46. The Morgan fingerprint density at radius 3 is 3.00 bits per heavy atom. The molecule has 3 nitrogen and oxygen atoms in total. The summed E-state index contributed by atoms with van der Waals surface area (Å²) in [5.74, 6) is 0. The van der Waals surface area contributed by atoms with E-state index in [0.717, 1.165) is 22.3 Å². The summed E-state index contributed by atoms with van der Waals surface area (Å²) in [4.78, 5) is 11.4. The van der Waals surface area contributed by atoms with Crippen LogP contribution < -0.4 is 0 Å². The van der Waals surface area contributed by atoms with Crippen molar-refractivity contribution in [3.8, 4) is 11.3 Å². The number of halogens is 1. The van der Waals surface area contributed by atoms with Gasteiger partial charge in [0.05, 0.1) is 5.69 Å². The van der Waals surface area contributed by atoms with Crippen LogP contribution in [0, 0.1) is 6.92 Å². The molecule has 0 spiro atoms. The Morgan fingerprint density at radius 2 is 2.12 bits per heavy atom. The van der Waals surface area contributed by atoms with Crippen LogP contribution in [0.1, 0.15) is 5.56 Å². The second-order valence-electron chi connectivity index (χ2n) is 3.95. The van der Waals surface area contributed by atoms with E-state index < -0.39 is 0 Å². The van der Waals surface area contributed by atoms with Crippen LogP contribution in [-0.2, 0) is 0 Å². The number of hydrogen-bond donors (Lipinski definition) is 1. The second kappa shape index (κ2) is 3.86. The molecule has 3 rings (SSSR count). The molecule has 2 heterocycles. The average molecular weight is 244 g/mol. The fourth-order valence-electron chi connectivity index (χ4n) is 1.91. The number of benzene rings is 1. The van der Waals surface area contributed by atoms with Gasteiger partial charge < -0.3 is 4.98 Å². The van der Waals surface area contributed by atoms with Gasteiger partial charge in [-0.1, -0.05) is 12.1 Å². The Morgan fingerprint density at radius 1 is 1.24 bits per heavy atom. The van der Waals surface area contributed by atoms with Crippen LogP contribution in [0.4, 0.5) is 0 Å². The standard InChI is InChI=1S/C13H10ClN3/c1-8-7-16-13(14)17-12(8)10-3-2-9-4-5-15-11(9)6-10/h2-7,15H,1H3. The van der Waals surface area contributed by atoms with Crippen LogP contribution in [0.5, 0.6) is 0 Å². The predicted octanol–water partition coefficient (Wildman–Crippen LogP) is 3.59. The fraction of sp³-hybridized carbons (Fsp3) is 0.0769.